The summed E-state index contributed by atoms with van der Waals surface area (Å²) < 4.78 is 26.2. The highest BCUT2D eigenvalue weighted by atomic mass is 19.2. The second kappa shape index (κ2) is 9.23. The molecule has 7 heteroatoms. The minimum Gasteiger partial charge on any atom is -0.346 e. The summed E-state index contributed by atoms with van der Waals surface area (Å²) in [5, 5.41) is 8.21. The van der Waals surface area contributed by atoms with E-state index >= 15 is 0 Å². The molecule has 0 aliphatic rings. The quantitative estimate of drug-likeness (QED) is 0.697. The zero-order valence-electron chi connectivity index (χ0n) is 15.5. The van der Waals surface area contributed by atoms with Crippen molar-refractivity contribution >= 4 is 17.5 Å². The fourth-order valence-corrected chi connectivity index (χ4v) is 2.58. The highest BCUT2D eigenvalue weighted by Crippen LogP contribution is 2.19. The third-order valence-corrected chi connectivity index (χ3v) is 4.20. The lowest BCUT2D eigenvalue weighted by atomic mass is 10.1. The first-order valence-electron chi connectivity index (χ1n) is 8.59. The molecule has 2 aromatic rings. The second-order valence-corrected chi connectivity index (χ2v) is 6.37. The molecule has 0 heterocycles. The Kier molecular flexibility index (Phi) is 7.01. The molecule has 0 radical (unpaired) electrons. The first-order valence-corrected chi connectivity index (χ1v) is 8.59. The van der Waals surface area contributed by atoms with E-state index in [2.05, 4.69) is 16.0 Å². The van der Waals surface area contributed by atoms with Gasteiger partial charge in [-0.2, -0.15) is 0 Å². The van der Waals surface area contributed by atoms with Crippen molar-refractivity contribution in [2.24, 2.45) is 0 Å². The standard InChI is InChI=1S/C20H23F2N3O2/c1-12-5-4-6-13(2)20(12)25-19(27)11-24-18(26)10-23-14(3)15-7-8-16(21)17(22)9-15/h4-9,14,23H,10-11H2,1-3H3,(H,24,26)(H,25,27)/t14-/m0/s1. The number of aryl methyl sites for hydroxylation is 2. The van der Waals surface area contributed by atoms with Crippen LogP contribution in [0.3, 0.4) is 0 Å². The van der Waals surface area contributed by atoms with Gasteiger partial charge in [-0.15, -0.1) is 0 Å². The van der Waals surface area contributed by atoms with Crippen LogP contribution in [0.15, 0.2) is 36.4 Å². The summed E-state index contributed by atoms with van der Waals surface area (Å²) in [6.07, 6.45) is 0. The number of para-hydroxylation sites is 1. The van der Waals surface area contributed by atoms with Crippen LogP contribution in [0, 0.1) is 25.5 Å². The maximum absolute atomic E-state index is 13.3. The van der Waals surface area contributed by atoms with Crippen LogP contribution in [0.5, 0.6) is 0 Å². The Bertz CT molecular complexity index is 820. The van der Waals surface area contributed by atoms with Crippen molar-refractivity contribution in [3.8, 4) is 0 Å². The molecule has 2 rings (SSSR count). The Labute approximate surface area is 157 Å². The van der Waals surface area contributed by atoms with Crippen LogP contribution in [0.4, 0.5) is 14.5 Å². The average Bonchev–Trinajstić information content (AvgIpc) is 2.63. The fraction of sp³-hybridized carbons (Fsp3) is 0.300. The highest BCUT2D eigenvalue weighted by molar-refractivity contribution is 5.95. The Hall–Kier alpha value is -2.80. The summed E-state index contributed by atoms with van der Waals surface area (Å²) in [6.45, 7) is 5.30. The zero-order valence-corrected chi connectivity index (χ0v) is 15.5. The van der Waals surface area contributed by atoms with E-state index in [0.717, 1.165) is 28.9 Å². The number of amides is 2. The number of anilines is 1. The number of carbonyl (C=O) groups is 2. The molecule has 3 N–H and O–H groups in total. The van der Waals surface area contributed by atoms with Gasteiger partial charge in [0.25, 0.3) is 0 Å². The molecule has 2 aromatic carbocycles. The number of benzene rings is 2. The highest BCUT2D eigenvalue weighted by Gasteiger charge is 2.12. The van der Waals surface area contributed by atoms with Crippen LogP contribution in [0.25, 0.3) is 0 Å². The van der Waals surface area contributed by atoms with Crippen LogP contribution in [0.1, 0.15) is 29.7 Å². The van der Waals surface area contributed by atoms with Crippen molar-refractivity contribution in [2.45, 2.75) is 26.8 Å². The molecular formula is C20H23F2N3O2. The molecular weight excluding hydrogens is 352 g/mol. The minimum atomic E-state index is -0.936. The average molecular weight is 375 g/mol. The lowest BCUT2D eigenvalue weighted by molar-refractivity contribution is -0.123. The molecule has 0 aromatic heterocycles. The number of hydrogen-bond donors (Lipinski definition) is 3. The lowest BCUT2D eigenvalue weighted by Crippen LogP contribution is -2.39. The summed E-state index contributed by atoms with van der Waals surface area (Å²) in [7, 11) is 0. The van der Waals surface area contributed by atoms with Crippen LogP contribution >= 0.6 is 0 Å². The van der Waals surface area contributed by atoms with Gasteiger partial charge in [0, 0.05) is 11.7 Å². The second-order valence-electron chi connectivity index (χ2n) is 6.37. The summed E-state index contributed by atoms with van der Waals surface area (Å²) in [4.78, 5) is 23.9. The summed E-state index contributed by atoms with van der Waals surface area (Å²) >= 11 is 0. The molecule has 1 atom stereocenters. The number of hydrogen-bond acceptors (Lipinski definition) is 3. The van der Waals surface area contributed by atoms with Crippen LogP contribution < -0.4 is 16.0 Å². The zero-order chi connectivity index (χ0) is 20.0. The summed E-state index contributed by atoms with van der Waals surface area (Å²) in [5.74, 6) is -2.55. The number of halogens is 2. The number of nitrogens with one attached hydrogen (secondary N) is 3. The van der Waals surface area contributed by atoms with E-state index in [0.29, 0.717) is 5.56 Å². The molecule has 0 bridgehead atoms. The van der Waals surface area contributed by atoms with E-state index in [1.165, 1.54) is 6.07 Å². The van der Waals surface area contributed by atoms with Crippen molar-refractivity contribution in [2.75, 3.05) is 18.4 Å². The summed E-state index contributed by atoms with van der Waals surface area (Å²) in [5.41, 5.74) is 3.14. The van der Waals surface area contributed by atoms with Crippen molar-refractivity contribution < 1.29 is 18.4 Å². The van der Waals surface area contributed by atoms with E-state index < -0.39 is 11.6 Å². The van der Waals surface area contributed by atoms with Gasteiger partial charge in [0.2, 0.25) is 11.8 Å². The topological polar surface area (TPSA) is 70.2 Å². The maximum Gasteiger partial charge on any atom is 0.243 e. The predicted molar refractivity (Wildman–Crippen MR) is 100 cm³/mol. The molecule has 27 heavy (non-hydrogen) atoms. The van der Waals surface area contributed by atoms with Gasteiger partial charge >= 0.3 is 0 Å². The van der Waals surface area contributed by atoms with Crippen molar-refractivity contribution in [3.05, 3.63) is 64.7 Å². The molecule has 0 fully saturated rings. The molecule has 0 saturated heterocycles. The SMILES string of the molecule is Cc1cccc(C)c1NC(=O)CNC(=O)CN[C@@H](C)c1ccc(F)c(F)c1. The van der Waals surface area contributed by atoms with Gasteiger partial charge in [0.15, 0.2) is 11.6 Å². The first-order chi connectivity index (χ1) is 12.8. The Balaban J connectivity index is 1.78. The predicted octanol–water partition coefficient (Wildman–Crippen LogP) is 2.99. The van der Waals surface area contributed by atoms with E-state index in [9.17, 15) is 18.4 Å². The largest absolute Gasteiger partial charge is 0.346 e. The Morgan fingerprint density at radius 1 is 0.963 bits per heavy atom. The first kappa shape index (κ1) is 20.5. The fourth-order valence-electron chi connectivity index (χ4n) is 2.58. The van der Waals surface area contributed by atoms with Gasteiger partial charge in [-0.25, -0.2) is 8.78 Å². The van der Waals surface area contributed by atoms with E-state index in [-0.39, 0.29) is 30.9 Å². The normalized spacial score (nSPS) is 11.7. The molecule has 0 aliphatic heterocycles. The lowest BCUT2D eigenvalue weighted by Gasteiger charge is -2.15. The van der Waals surface area contributed by atoms with E-state index in [1.807, 2.05) is 32.0 Å². The Morgan fingerprint density at radius 2 is 1.63 bits per heavy atom. The molecule has 0 unspecified atom stereocenters. The van der Waals surface area contributed by atoms with Crippen LogP contribution in [0.2, 0.25) is 0 Å². The van der Waals surface area contributed by atoms with E-state index in [4.69, 9.17) is 0 Å². The van der Waals surface area contributed by atoms with Crippen LogP contribution in [-0.2, 0) is 9.59 Å². The Morgan fingerprint density at radius 3 is 2.26 bits per heavy atom. The minimum absolute atomic E-state index is 0.0587. The third kappa shape index (κ3) is 5.86. The molecule has 0 aliphatic carbocycles. The van der Waals surface area contributed by atoms with Gasteiger partial charge < -0.3 is 16.0 Å². The molecule has 2 amide bonds. The van der Waals surface area contributed by atoms with Gasteiger partial charge in [0.1, 0.15) is 0 Å². The van der Waals surface area contributed by atoms with Gasteiger partial charge in [-0.1, -0.05) is 24.3 Å². The number of carbonyl (C=O) groups excluding carboxylic acids is 2. The molecule has 0 saturated carbocycles. The maximum atomic E-state index is 13.3. The smallest absolute Gasteiger partial charge is 0.243 e. The molecule has 0 spiro atoms. The monoisotopic (exact) mass is 375 g/mol. The van der Waals surface area contributed by atoms with Gasteiger partial charge in [-0.3, -0.25) is 9.59 Å². The van der Waals surface area contributed by atoms with Crippen molar-refractivity contribution in [1.29, 1.82) is 0 Å². The molecule has 5 nitrogen and oxygen atoms in total. The van der Waals surface area contributed by atoms with Gasteiger partial charge in [0.05, 0.1) is 13.1 Å². The third-order valence-electron chi connectivity index (χ3n) is 4.20. The van der Waals surface area contributed by atoms with Crippen molar-refractivity contribution in [1.82, 2.24) is 10.6 Å². The van der Waals surface area contributed by atoms with Crippen molar-refractivity contribution in [3.63, 3.8) is 0 Å². The van der Waals surface area contributed by atoms with Crippen LogP contribution in [-0.4, -0.2) is 24.9 Å². The number of rotatable bonds is 7. The molecule has 144 valence electrons. The van der Waals surface area contributed by atoms with Gasteiger partial charge in [-0.05, 0) is 49.6 Å². The summed E-state index contributed by atoms with van der Waals surface area (Å²) in [6, 6.07) is 8.92. The van der Waals surface area contributed by atoms with E-state index in [1.54, 1.807) is 6.92 Å².